The summed E-state index contributed by atoms with van der Waals surface area (Å²) in [6.45, 7) is 2.23. The van der Waals surface area contributed by atoms with Gasteiger partial charge in [-0.3, -0.25) is 10.1 Å². The molecule has 0 aliphatic carbocycles. The number of aromatic nitrogens is 1. The van der Waals surface area contributed by atoms with Crippen molar-refractivity contribution >= 4 is 17.0 Å². The molecule has 106 valence electrons. The van der Waals surface area contributed by atoms with Crippen LogP contribution in [0.5, 0.6) is 0 Å². The van der Waals surface area contributed by atoms with Gasteiger partial charge >= 0.3 is 0 Å². The lowest BCUT2D eigenvalue weighted by molar-refractivity contribution is -0.385. The van der Waals surface area contributed by atoms with Crippen LogP contribution in [0.4, 0.5) is 10.1 Å². The van der Waals surface area contributed by atoms with E-state index in [1.807, 2.05) is 12.3 Å². The van der Waals surface area contributed by atoms with Crippen LogP contribution in [0, 0.1) is 15.9 Å². The topological polar surface area (TPSA) is 68.1 Å². The molecule has 0 fully saturated rings. The highest BCUT2D eigenvalue weighted by atomic mass is 32.1. The normalized spacial score (nSPS) is 12.3. The van der Waals surface area contributed by atoms with Crippen LogP contribution in [0.15, 0.2) is 29.8 Å². The molecular formula is C13H14FN3O2S. The van der Waals surface area contributed by atoms with Gasteiger partial charge in [-0.1, -0.05) is 6.92 Å². The molecule has 1 aromatic carbocycles. The summed E-state index contributed by atoms with van der Waals surface area (Å²) in [7, 11) is 0. The Morgan fingerprint density at radius 3 is 2.95 bits per heavy atom. The van der Waals surface area contributed by atoms with Crippen LogP contribution in [0.3, 0.4) is 0 Å². The predicted octanol–water partition coefficient (Wildman–Crippen LogP) is 3.43. The molecule has 7 heteroatoms. The van der Waals surface area contributed by atoms with Crippen LogP contribution >= 0.6 is 11.3 Å². The number of halogens is 1. The average Bonchev–Trinajstić information content (AvgIpc) is 2.93. The molecule has 0 bridgehead atoms. The lowest BCUT2D eigenvalue weighted by Gasteiger charge is -2.14. The second kappa shape index (κ2) is 6.53. The Hall–Kier alpha value is -1.86. The Kier molecular flexibility index (Phi) is 4.75. The Bertz CT molecular complexity index is 589. The summed E-state index contributed by atoms with van der Waals surface area (Å²) in [4.78, 5) is 14.6. The fourth-order valence-electron chi connectivity index (χ4n) is 1.92. The molecule has 5 nitrogen and oxygen atoms in total. The zero-order valence-electron chi connectivity index (χ0n) is 10.9. The van der Waals surface area contributed by atoms with Gasteiger partial charge in [-0.25, -0.2) is 9.37 Å². The molecule has 2 rings (SSSR count). The molecule has 0 radical (unpaired) electrons. The Morgan fingerprint density at radius 2 is 2.35 bits per heavy atom. The quantitative estimate of drug-likeness (QED) is 0.655. The summed E-state index contributed by atoms with van der Waals surface area (Å²) >= 11 is 1.52. The summed E-state index contributed by atoms with van der Waals surface area (Å²) < 4.78 is 13.2. The molecule has 0 saturated heterocycles. The Labute approximate surface area is 119 Å². The molecule has 0 aliphatic heterocycles. The van der Waals surface area contributed by atoms with Crippen molar-refractivity contribution in [2.24, 2.45) is 0 Å². The number of rotatable bonds is 6. The maximum absolute atomic E-state index is 13.2. The fourth-order valence-corrected chi connectivity index (χ4v) is 2.72. The van der Waals surface area contributed by atoms with Crippen LogP contribution in [0.2, 0.25) is 0 Å². The molecule has 20 heavy (non-hydrogen) atoms. The molecule has 1 atom stereocenters. The minimum absolute atomic E-state index is 0.0119. The molecule has 2 aromatic rings. The first-order valence-electron chi connectivity index (χ1n) is 6.17. The van der Waals surface area contributed by atoms with Gasteiger partial charge in [-0.05, 0) is 18.6 Å². The zero-order valence-corrected chi connectivity index (χ0v) is 11.7. The first-order valence-corrected chi connectivity index (χ1v) is 7.05. The van der Waals surface area contributed by atoms with Gasteiger partial charge in [0.05, 0.1) is 11.0 Å². The fraction of sp³-hybridized carbons (Fsp3) is 0.308. The third-order valence-corrected chi connectivity index (χ3v) is 3.82. The molecule has 1 unspecified atom stereocenters. The van der Waals surface area contributed by atoms with E-state index in [0.717, 1.165) is 17.5 Å². The summed E-state index contributed by atoms with van der Waals surface area (Å²) in [5.74, 6) is -0.477. The number of nitro benzene ring substituents is 1. The van der Waals surface area contributed by atoms with E-state index in [0.29, 0.717) is 5.56 Å². The highest BCUT2D eigenvalue weighted by Gasteiger charge is 2.17. The second-order valence-electron chi connectivity index (χ2n) is 4.24. The van der Waals surface area contributed by atoms with E-state index >= 15 is 0 Å². The number of nitrogens with zero attached hydrogens (tertiary/aromatic N) is 2. The van der Waals surface area contributed by atoms with Gasteiger partial charge in [0.15, 0.2) is 0 Å². The summed E-state index contributed by atoms with van der Waals surface area (Å²) in [5.41, 5.74) is 0.262. The summed E-state index contributed by atoms with van der Waals surface area (Å²) in [6.07, 6.45) is 2.52. The van der Waals surface area contributed by atoms with E-state index in [4.69, 9.17) is 0 Å². The third kappa shape index (κ3) is 3.37. The number of thiazole rings is 1. The monoisotopic (exact) mass is 295 g/mol. The van der Waals surface area contributed by atoms with Gasteiger partial charge in [0.25, 0.3) is 5.69 Å². The molecule has 0 spiro atoms. The van der Waals surface area contributed by atoms with E-state index in [-0.39, 0.29) is 18.3 Å². The van der Waals surface area contributed by atoms with Crippen LogP contribution in [-0.4, -0.2) is 9.91 Å². The van der Waals surface area contributed by atoms with Gasteiger partial charge in [0.2, 0.25) is 0 Å². The Balaban J connectivity index is 2.13. The first kappa shape index (κ1) is 14.5. The van der Waals surface area contributed by atoms with Gasteiger partial charge in [-0.15, -0.1) is 11.3 Å². The van der Waals surface area contributed by atoms with Gasteiger partial charge in [-0.2, -0.15) is 0 Å². The van der Waals surface area contributed by atoms with Crippen molar-refractivity contribution in [1.82, 2.24) is 10.3 Å². The lowest BCUT2D eigenvalue weighted by atomic mass is 10.1. The van der Waals surface area contributed by atoms with E-state index in [1.54, 1.807) is 6.20 Å². The zero-order chi connectivity index (χ0) is 14.5. The number of nitrogens with one attached hydrogen (secondary N) is 1. The molecule has 1 N–H and O–H groups in total. The van der Waals surface area contributed by atoms with E-state index in [2.05, 4.69) is 10.3 Å². The smallest absolute Gasteiger partial charge is 0.274 e. The number of nitro groups is 1. The first-order chi connectivity index (χ1) is 9.61. The van der Waals surface area contributed by atoms with Crippen molar-refractivity contribution in [2.75, 3.05) is 0 Å². The second-order valence-corrected chi connectivity index (χ2v) is 5.17. The third-order valence-electron chi connectivity index (χ3n) is 2.93. The molecule has 0 saturated carbocycles. The molecular weight excluding hydrogens is 281 g/mol. The maximum Gasteiger partial charge on any atom is 0.274 e. The van der Waals surface area contributed by atoms with Crippen molar-refractivity contribution in [2.45, 2.75) is 25.9 Å². The predicted molar refractivity (Wildman–Crippen MR) is 75.0 cm³/mol. The molecule has 1 aromatic heterocycles. The van der Waals surface area contributed by atoms with Gasteiger partial charge in [0, 0.05) is 29.8 Å². The van der Waals surface area contributed by atoms with Crippen molar-refractivity contribution in [3.05, 3.63) is 56.3 Å². The number of hydrogen-bond donors (Lipinski definition) is 1. The summed E-state index contributed by atoms with van der Waals surface area (Å²) in [5, 5.41) is 16.9. The van der Waals surface area contributed by atoms with Crippen LogP contribution < -0.4 is 5.32 Å². The lowest BCUT2D eigenvalue weighted by Crippen LogP contribution is -2.20. The van der Waals surface area contributed by atoms with E-state index in [9.17, 15) is 14.5 Å². The van der Waals surface area contributed by atoms with Crippen molar-refractivity contribution in [1.29, 1.82) is 0 Å². The van der Waals surface area contributed by atoms with Crippen molar-refractivity contribution in [3.63, 3.8) is 0 Å². The molecule has 1 heterocycles. The number of hydrogen-bond acceptors (Lipinski definition) is 5. The minimum Gasteiger partial charge on any atom is -0.304 e. The van der Waals surface area contributed by atoms with Crippen molar-refractivity contribution in [3.8, 4) is 0 Å². The largest absolute Gasteiger partial charge is 0.304 e. The van der Waals surface area contributed by atoms with Gasteiger partial charge in [0.1, 0.15) is 10.8 Å². The molecule has 0 amide bonds. The standard InChI is InChI=1S/C13H14FN3O2S/c1-2-11(13-15-5-6-20-13)16-8-9-7-10(14)3-4-12(9)17(18)19/h3-7,11,16H,2,8H2,1H3. The number of benzene rings is 1. The Morgan fingerprint density at radius 1 is 1.55 bits per heavy atom. The average molecular weight is 295 g/mol. The van der Waals surface area contributed by atoms with Crippen LogP contribution in [-0.2, 0) is 6.54 Å². The highest BCUT2D eigenvalue weighted by Crippen LogP contribution is 2.23. The SMILES string of the molecule is CCC(NCc1cc(F)ccc1[N+](=O)[O-])c1nccs1. The summed E-state index contributed by atoms with van der Waals surface area (Å²) in [6, 6.07) is 3.49. The molecule has 0 aliphatic rings. The maximum atomic E-state index is 13.2. The van der Waals surface area contributed by atoms with Crippen LogP contribution in [0.25, 0.3) is 0 Å². The van der Waals surface area contributed by atoms with Crippen molar-refractivity contribution < 1.29 is 9.31 Å². The van der Waals surface area contributed by atoms with E-state index < -0.39 is 10.7 Å². The minimum atomic E-state index is -0.499. The highest BCUT2D eigenvalue weighted by molar-refractivity contribution is 7.09. The van der Waals surface area contributed by atoms with Crippen LogP contribution in [0.1, 0.15) is 30.0 Å². The van der Waals surface area contributed by atoms with Gasteiger partial charge < -0.3 is 5.32 Å². The van der Waals surface area contributed by atoms with E-state index in [1.165, 1.54) is 23.5 Å².